The third-order valence-electron chi connectivity index (χ3n) is 4.76. The maximum Gasteiger partial charge on any atom is 0.253 e. The quantitative estimate of drug-likeness (QED) is 0.671. The molecule has 3 aromatic rings. The topological polar surface area (TPSA) is 52.5 Å². The first-order chi connectivity index (χ1) is 13.5. The molecule has 28 heavy (non-hydrogen) atoms. The van der Waals surface area contributed by atoms with E-state index in [2.05, 4.69) is 9.88 Å². The van der Waals surface area contributed by atoms with Gasteiger partial charge in [0.15, 0.2) is 0 Å². The van der Waals surface area contributed by atoms with Crippen molar-refractivity contribution in [3.63, 3.8) is 0 Å². The van der Waals surface area contributed by atoms with E-state index in [9.17, 15) is 4.79 Å². The third-order valence-corrected chi connectivity index (χ3v) is 4.76. The van der Waals surface area contributed by atoms with Crippen molar-refractivity contribution in [2.75, 3.05) is 14.2 Å². The number of aromatic nitrogens is 1. The highest BCUT2D eigenvalue weighted by Crippen LogP contribution is 2.23. The van der Waals surface area contributed by atoms with Crippen molar-refractivity contribution in [2.45, 2.75) is 27.0 Å². The zero-order chi connectivity index (χ0) is 20.1. The zero-order valence-corrected chi connectivity index (χ0v) is 16.8. The van der Waals surface area contributed by atoms with Gasteiger partial charge in [0.25, 0.3) is 5.91 Å². The van der Waals surface area contributed by atoms with Gasteiger partial charge in [0, 0.05) is 30.7 Å². The lowest BCUT2D eigenvalue weighted by Crippen LogP contribution is -2.23. The van der Waals surface area contributed by atoms with Crippen molar-refractivity contribution >= 4 is 5.91 Å². The van der Waals surface area contributed by atoms with Crippen LogP contribution in [0.15, 0.2) is 54.6 Å². The number of ether oxygens (including phenoxy) is 2. The van der Waals surface area contributed by atoms with Crippen LogP contribution in [0.1, 0.15) is 32.9 Å². The van der Waals surface area contributed by atoms with Crippen molar-refractivity contribution in [2.24, 2.45) is 0 Å². The Morgan fingerprint density at radius 1 is 1.00 bits per heavy atom. The summed E-state index contributed by atoms with van der Waals surface area (Å²) in [7, 11) is 3.32. The third kappa shape index (κ3) is 4.26. The lowest BCUT2D eigenvalue weighted by Gasteiger charge is -2.11. The molecule has 0 saturated carbocycles. The molecule has 0 saturated heterocycles. The van der Waals surface area contributed by atoms with Gasteiger partial charge in [-0.05, 0) is 55.3 Å². The number of nitrogens with zero attached hydrogens (tertiary/aromatic N) is 1. The Morgan fingerprint density at radius 3 is 2.39 bits per heavy atom. The Balaban J connectivity index is 1.76. The molecule has 0 radical (unpaired) electrons. The van der Waals surface area contributed by atoms with E-state index >= 15 is 0 Å². The Bertz CT molecular complexity index is 958. The first-order valence-electron chi connectivity index (χ1n) is 9.21. The minimum Gasteiger partial charge on any atom is -0.497 e. The molecule has 2 aromatic carbocycles. The van der Waals surface area contributed by atoms with Gasteiger partial charge in [0.2, 0.25) is 0 Å². The highest BCUT2D eigenvalue weighted by Gasteiger charge is 2.16. The van der Waals surface area contributed by atoms with Gasteiger partial charge < -0.3 is 19.4 Å². The summed E-state index contributed by atoms with van der Waals surface area (Å²) in [5, 5.41) is 3.02. The highest BCUT2D eigenvalue weighted by atomic mass is 16.5. The summed E-state index contributed by atoms with van der Waals surface area (Å²) in [6, 6.07) is 17.8. The smallest absolute Gasteiger partial charge is 0.253 e. The summed E-state index contributed by atoms with van der Waals surface area (Å²) in [6.45, 7) is 5.00. The molecule has 0 aliphatic heterocycles. The molecular formula is C23H26N2O3. The molecule has 0 aliphatic carbocycles. The fraction of sp³-hybridized carbons (Fsp3) is 0.261. The molecule has 0 unspecified atom stereocenters. The van der Waals surface area contributed by atoms with Crippen LogP contribution in [0.25, 0.3) is 5.69 Å². The van der Waals surface area contributed by atoms with Crippen LogP contribution in [-0.4, -0.2) is 24.7 Å². The monoisotopic (exact) mass is 378 g/mol. The number of carbonyl (C=O) groups is 1. The minimum atomic E-state index is -0.0787. The molecule has 3 rings (SSSR count). The van der Waals surface area contributed by atoms with Crippen LogP contribution < -0.4 is 10.1 Å². The fourth-order valence-corrected chi connectivity index (χ4v) is 3.39. The van der Waals surface area contributed by atoms with E-state index in [4.69, 9.17) is 9.47 Å². The molecule has 0 bridgehead atoms. The van der Waals surface area contributed by atoms with E-state index in [0.29, 0.717) is 18.7 Å². The zero-order valence-electron chi connectivity index (χ0n) is 16.8. The predicted molar refractivity (Wildman–Crippen MR) is 110 cm³/mol. The lowest BCUT2D eigenvalue weighted by molar-refractivity contribution is 0.0950. The number of benzene rings is 2. The maximum atomic E-state index is 12.8. The van der Waals surface area contributed by atoms with Gasteiger partial charge in [-0.3, -0.25) is 4.79 Å². The summed E-state index contributed by atoms with van der Waals surface area (Å²) in [5.74, 6) is 0.727. The van der Waals surface area contributed by atoms with E-state index in [-0.39, 0.29) is 5.91 Å². The Hall–Kier alpha value is -3.05. The van der Waals surface area contributed by atoms with Crippen molar-refractivity contribution in [3.8, 4) is 11.4 Å². The number of carbonyl (C=O) groups excluding carboxylic acids is 1. The molecule has 0 fully saturated rings. The summed E-state index contributed by atoms with van der Waals surface area (Å²) < 4.78 is 12.5. The van der Waals surface area contributed by atoms with Crippen molar-refractivity contribution < 1.29 is 14.3 Å². The van der Waals surface area contributed by atoms with Crippen LogP contribution in [0.4, 0.5) is 0 Å². The van der Waals surface area contributed by atoms with E-state index < -0.39 is 0 Å². The molecule has 1 N–H and O–H groups in total. The second-order valence-electron chi connectivity index (χ2n) is 6.75. The Kier molecular flexibility index (Phi) is 6.16. The van der Waals surface area contributed by atoms with Gasteiger partial charge in [0.1, 0.15) is 5.75 Å². The van der Waals surface area contributed by atoms with Gasteiger partial charge in [-0.15, -0.1) is 0 Å². The number of nitrogens with one attached hydrogen (secondary N) is 1. The highest BCUT2D eigenvalue weighted by molar-refractivity contribution is 5.95. The van der Waals surface area contributed by atoms with Gasteiger partial charge in [0.05, 0.1) is 19.3 Å². The summed E-state index contributed by atoms with van der Waals surface area (Å²) in [4.78, 5) is 12.8. The van der Waals surface area contributed by atoms with Gasteiger partial charge in [-0.1, -0.05) is 24.3 Å². The second kappa shape index (κ2) is 8.76. The van der Waals surface area contributed by atoms with Gasteiger partial charge in [-0.25, -0.2) is 0 Å². The van der Waals surface area contributed by atoms with E-state index in [1.807, 2.05) is 68.4 Å². The summed E-state index contributed by atoms with van der Waals surface area (Å²) >= 11 is 0. The second-order valence-corrected chi connectivity index (χ2v) is 6.75. The molecule has 0 spiro atoms. The predicted octanol–water partition coefficient (Wildman–Crippen LogP) is 4.18. The largest absolute Gasteiger partial charge is 0.497 e. The lowest BCUT2D eigenvalue weighted by atomic mass is 10.1. The van der Waals surface area contributed by atoms with Crippen LogP contribution in [0.5, 0.6) is 5.75 Å². The minimum absolute atomic E-state index is 0.0787. The SMILES string of the molecule is COCc1cccc(CNC(=O)c2cc(C)n(-c3ccc(OC)cc3)c2C)c1. The molecule has 1 amide bonds. The van der Waals surface area contributed by atoms with Crippen molar-refractivity contribution in [1.29, 1.82) is 0 Å². The van der Waals surface area contributed by atoms with Crippen LogP contribution in [0.2, 0.25) is 0 Å². The van der Waals surface area contributed by atoms with Crippen LogP contribution in [0, 0.1) is 13.8 Å². The number of aryl methyl sites for hydroxylation is 1. The maximum absolute atomic E-state index is 12.8. The molecule has 0 aliphatic rings. The van der Waals surface area contributed by atoms with Gasteiger partial charge in [-0.2, -0.15) is 0 Å². The first kappa shape index (κ1) is 19.7. The number of methoxy groups -OCH3 is 2. The van der Waals surface area contributed by atoms with E-state index in [1.54, 1.807) is 14.2 Å². The summed E-state index contributed by atoms with van der Waals surface area (Å²) in [5.41, 5.74) is 5.74. The normalized spacial score (nSPS) is 10.7. The molecule has 146 valence electrons. The molecule has 5 nitrogen and oxygen atoms in total. The summed E-state index contributed by atoms with van der Waals surface area (Å²) in [6.07, 6.45) is 0. The van der Waals surface area contributed by atoms with Crippen molar-refractivity contribution in [3.05, 3.63) is 82.7 Å². The van der Waals surface area contributed by atoms with Crippen LogP contribution in [-0.2, 0) is 17.9 Å². The average Bonchev–Trinajstić information content (AvgIpc) is 3.01. The molecule has 1 heterocycles. The van der Waals surface area contributed by atoms with Crippen LogP contribution >= 0.6 is 0 Å². The molecule has 0 atom stereocenters. The number of amides is 1. The van der Waals surface area contributed by atoms with E-state index in [1.165, 1.54) is 0 Å². The number of rotatable bonds is 7. The first-order valence-corrected chi connectivity index (χ1v) is 9.21. The standard InChI is InChI=1S/C23H26N2O3/c1-16-12-22(17(2)25(16)20-8-10-21(28-4)11-9-20)23(26)24-14-18-6-5-7-19(13-18)15-27-3/h5-13H,14-15H2,1-4H3,(H,24,26). The fourth-order valence-electron chi connectivity index (χ4n) is 3.39. The number of hydrogen-bond donors (Lipinski definition) is 1. The Labute approximate surface area is 165 Å². The molecule has 5 heteroatoms. The average molecular weight is 378 g/mol. The molecular weight excluding hydrogens is 352 g/mol. The van der Waals surface area contributed by atoms with E-state index in [0.717, 1.165) is 34.0 Å². The Morgan fingerprint density at radius 2 is 1.71 bits per heavy atom. The molecule has 1 aromatic heterocycles. The van der Waals surface area contributed by atoms with Crippen molar-refractivity contribution in [1.82, 2.24) is 9.88 Å². The van der Waals surface area contributed by atoms with Crippen LogP contribution in [0.3, 0.4) is 0 Å². The number of hydrogen-bond acceptors (Lipinski definition) is 3. The van der Waals surface area contributed by atoms with Gasteiger partial charge >= 0.3 is 0 Å².